The molecule has 98 valence electrons. The molecule has 0 saturated carbocycles. The van der Waals surface area contributed by atoms with Crippen molar-refractivity contribution in [3.8, 4) is 0 Å². The lowest BCUT2D eigenvalue weighted by Crippen LogP contribution is -1.98. The molecule has 0 saturated heterocycles. The van der Waals surface area contributed by atoms with Crippen molar-refractivity contribution in [2.24, 2.45) is 0 Å². The molecule has 4 rings (SSSR count). The van der Waals surface area contributed by atoms with Crippen LogP contribution in [0.1, 0.15) is 5.01 Å². The number of hydrogen-bond donors (Lipinski definition) is 1. The van der Waals surface area contributed by atoms with Crippen LogP contribution in [0.15, 0.2) is 58.5 Å². The van der Waals surface area contributed by atoms with Crippen molar-refractivity contribution in [1.82, 2.24) is 4.98 Å². The topological polar surface area (TPSA) is 38.1 Å². The number of thiazole rings is 1. The van der Waals surface area contributed by atoms with Gasteiger partial charge in [0, 0.05) is 28.0 Å². The van der Waals surface area contributed by atoms with E-state index >= 15 is 0 Å². The van der Waals surface area contributed by atoms with Crippen LogP contribution >= 0.6 is 11.3 Å². The molecule has 0 atom stereocenters. The molecule has 2 heterocycles. The first-order valence-corrected chi connectivity index (χ1v) is 7.32. The third-order valence-electron chi connectivity index (χ3n) is 3.30. The van der Waals surface area contributed by atoms with Crippen molar-refractivity contribution in [3.05, 3.63) is 59.0 Å². The average molecular weight is 280 g/mol. The molecule has 2 aromatic carbocycles. The lowest BCUT2D eigenvalue weighted by atomic mass is 10.1. The summed E-state index contributed by atoms with van der Waals surface area (Å²) in [5.74, 6) is 0. The molecule has 4 aromatic rings. The summed E-state index contributed by atoms with van der Waals surface area (Å²) in [6.07, 6.45) is 1.83. The second-order valence-electron chi connectivity index (χ2n) is 4.59. The van der Waals surface area contributed by atoms with Crippen LogP contribution < -0.4 is 5.32 Å². The van der Waals surface area contributed by atoms with Crippen LogP contribution in [-0.2, 0) is 6.54 Å². The van der Waals surface area contributed by atoms with Crippen LogP contribution in [0.4, 0.5) is 5.69 Å². The Morgan fingerprint density at radius 1 is 1.05 bits per heavy atom. The van der Waals surface area contributed by atoms with Gasteiger partial charge in [0.25, 0.3) is 0 Å². The van der Waals surface area contributed by atoms with Gasteiger partial charge in [0.1, 0.15) is 16.2 Å². The zero-order valence-electron chi connectivity index (χ0n) is 10.7. The Bertz CT molecular complexity index is 865. The Labute approximate surface area is 119 Å². The van der Waals surface area contributed by atoms with Gasteiger partial charge in [0.2, 0.25) is 0 Å². The highest BCUT2D eigenvalue weighted by Gasteiger charge is 2.06. The maximum atomic E-state index is 5.82. The summed E-state index contributed by atoms with van der Waals surface area (Å²) in [7, 11) is 0. The monoisotopic (exact) mass is 280 g/mol. The lowest BCUT2D eigenvalue weighted by molar-refractivity contribution is 0.669. The molecule has 0 aliphatic heterocycles. The van der Waals surface area contributed by atoms with E-state index in [1.54, 1.807) is 11.3 Å². The summed E-state index contributed by atoms with van der Waals surface area (Å²) in [6.45, 7) is 0.749. The summed E-state index contributed by atoms with van der Waals surface area (Å²) in [5.41, 5.74) is 2.94. The summed E-state index contributed by atoms with van der Waals surface area (Å²) in [5, 5.41) is 8.77. The van der Waals surface area contributed by atoms with E-state index in [-0.39, 0.29) is 0 Å². The van der Waals surface area contributed by atoms with E-state index in [0.717, 1.165) is 39.2 Å². The minimum absolute atomic E-state index is 0.749. The standard InChI is InChI=1S/C16H12N2OS/c1-2-4-14-12(3-1)13-9-11(5-6-15(13)19-14)18-10-16-17-7-8-20-16/h1-9,18H,10H2. The SMILES string of the molecule is c1ccc2c(c1)oc1ccc(NCc3nccs3)cc12. The summed E-state index contributed by atoms with van der Waals surface area (Å²) in [6, 6.07) is 14.3. The smallest absolute Gasteiger partial charge is 0.135 e. The predicted octanol–water partition coefficient (Wildman–Crippen LogP) is 4.65. The minimum atomic E-state index is 0.749. The number of para-hydroxylation sites is 1. The van der Waals surface area contributed by atoms with Gasteiger partial charge < -0.3 is 9.73 Å². The summed E-state index contributed by atoms with van der Waals surface area (Å²) < 4.78 is 5.82. The second-order valence-corrected chi connectivity index (χ2v) is 5.57. The number of hydrogen-bond acceptors (Lipinski definition) is 4. The molecule has 1 N–H and O–H groups in total. The molecule has 0 unspecified atom stereocenters. The van der Waals surface area contributed by atoms with Crippen LogP contribution in [0.3, 0.4) is 0 Å². The van der Waals surface area contributed by atoms with Crippen molar-refractivity contribution >= 4 is 39.0 Å². The number of aromatic nitrogens is 1. The van der Waals surface area contributed by atoms with E-state index < -0.39 is 0 Å². The molecule has 0 spiro atoms. The van der Waals surface area contributed by atoms with E-state index in [1.807, 2.05) is 41.9 Å². The quantitative estimate of drug-likeness (QED) is 0.593. The fraction of sp³-hybridized carbons (Fsp3) is 0.0625. The molecule has 0 amide bonds. The molecule has 0 aliphatic carbocycles. The second kappa shape index (κ2) is 4.65. The van der Waals surface area contributed by atoms with E-state index in [1.165, 1.54) is 0 Å². The first-order valence-electron chi connectivity index (χ1n) is 6.44. The number of nitrogens with zero attached hydrogens (tertiary/aromatic N) is 1. The Morgan fingerprint density at radius 3 is 2.85 bits per heavy atom. The van der Waals surface area contributed by atoms with Crippen molar-refractivity contribution in [2.75, 3.05) is 5.32 Å². The van der Waals surface area contributed by atoms with Crippen LogP contribution in [0.2, 0.25) is 0 Å². The third-order valence-corrected chi connectivity index (χ3v) is 4.08. The first kappa shape index (κ1) is 11.5. The highest BCUT2D eigenvalue weighted by Crippen LogP contribution is 2.30. The molecule has 0 fully saturated rings. The molecule has 3 nitrogen and oxygen atoms in total. The molecular formula is C16H12N2OS. The number of anilines is 1. The van der Waals surface area contributed by atoms with Crippen LogP contribution in [-0.4, -0.2) is 4.98 Å². The zero-order chi connectivity index (χ0) is 13.4. The van der Waals surface area contributed by atoms with Gasteiger partial charge in [-0.3, -0.25) is 0 Å². The highest BCUT2D eigenvalue weighted by molar-refractivity contribution is 7.09. The van der Waals surface area contributed by atoms with Gasteiger partial charge in [-0.1, -0.05) is 18.2 Å². The van der Waals surface area contributed by atoms with Gasteiger partial charge in [-0.2, -0.15) is 0 Å². The molecule has 4 heteroatoms. The van der Waals surface area contributed by atoms with Crippen LogP contribution in [0.25, 0.3) is 21.9 Å². The molecule has 2 aromatic heterocycles. The number of benzene rings is 2. The number of fused-ring (bicyclic) bond motifs is 3. The Balaban J connectivity index is 1.72. The Hall–Kier alpha value is -2.33. The molecule has 0 aliphatic rings. The van der Waals surface area contributed by atoms with E-state index in [4.69, 9.17) is 4.42 Å². The van der Waals surface area contributed by atoms with Crippen molar-refractivity contribution in [3.63, 3.8) is 0 Å². The number of rotatable bonds is 3. The van der Waals surface area contributed by atoms with Crippen molar-refractivity contribution in [2.45, 2.75) is 6.54 Å². The Morgan fingerprint density at radius 2 is 1.95 bits per heavy atom. The van der Waals surface area contributed by atoms with Crippen LogP contribution in [0.5, 0.6) is 0 Å². The summed E-state index contributed by atoms with van der Waals surface area (Å²) >= 11 is 1.66. The van der Waals surface area contributed by atoms with Crippen LogP contribution in [0, 0.1) is 0 Å². The van der Waals surface area contributed by atoms with Gasteiger partial charge in [0.15, 0.2) is 0 Å². The molecule has 0 bridgehead atoms. The first-order chi connectivity index (χ1) is 9.90. The Kier molecular flexibility index (Phi) is 2.67. The minimum Gasteiger partial charge on any atom is -0.456 e. The average Bonchev–Trinajstić information content (AvgIpc) is 3.12. The highest BCUT2D eigenvalue weighted by atomic mass is 32.1. The summed E-state index contributed by atoms with van der Waals surface area (Å²) in [4.78, 5) is 4.27. The lowest BCUT2D eigenvalue weighted by Gasteiger charge is -2.03. The van der Waals surface area contributed by atoms with Gasteiger partial charge in [0.05, 0.1) is 6.54 Å². The maximum Gasteiger partial charge on any atom is 0.135 e. The number of furan rings is 1. The normalized spacial score (nSPS) is 11.2. The predicted molar refractivity (Wildman–Crippen MR) is 83.2 cm³/mol. The van der Waals surface area contributed by atoms with E-state index in [2.05, 4.69) is 22.4 Å². The van der Waals surface area contributed by atoms with E-state index in [9.17, 15) is 0 Å². The fourth-order valence-electron chi connectivity index (χ4n) is 2.35. The van der Waals surface area contributed by atoms with Gasteiger partial charge in [-0.15, -0.1) is 11.3 Å². The fourth-order valence-corrected chi connectivity index (χ4v) is 2.91. The van der Waals surface area contributed by atoms with Crippen molar-refractivity contribution in [1.29, 1.82) is 0 Å². The van der Waals surface area contributed by atoms with Crippen molar-refractivity contribution < 1.29 is 4.42 Å². The van der Waals surface area contributed by atoms with E-state index in [0.29, 0.717) is 0 Å². The maximum absolute atomic E-state index is 5.82. The third kappa shape index (κ3) is 1.94. The largest absolute Gasteiger partial charge is 0.456 e. The number of nitrogens with one attached hydrogen (secondary N) is 1. The zero-order valence-corrected chi connectivity index (χ0v) is 11.5. The molecular weight excluding hydrogens is 268 g/mol. The van der Waals surface area contributed by atoms with Gasteiger partial charge in [-0.05, 0) is 24.3 Å². The van der Waals surface area contributed by atoms with Gasteiger partial charge in [-0.25, -0.2) is 4.98 Å². The molecule has 20 heavy (non-hydrogen) atoms. The molecule has 0 radical (unpaired) electrons. The van der Waals surface area contributed by atoms with Gasteiger partial charge >= 0.3 is 0 Å².